The number of alkyl halides is 3. The van der Waals surface area contributed by atoms with Crippen LogP contribution in [0, 0.1) is 0 Å². The monoisotopic (exact) mass is 641 g/mol. The molecule has 2 aliphatic rings. The van der Waals surface area contributed by atoms with E-state index in [1.807, 2.05) is 11.9 Å². The number of fused-ring (bicyclic) bond motifs is 1. The lowest BCUT2D eigenvalue weighted by Gasteiger charge is -2.33. The smallest absolute Gasteiger partial charge is 0.351 e. The van der Waals surface area contributed by atoms with E-state index in [9.17, 15) is 27.6 Å². The number of pyridine rings is 1. The van der Waals surface area contributed by atoms with Gasteiger partial charge in [0.2, 0.25) is 0 Å². The summed E-state index contributed by atoms with van der Waals surface area (Å²) in [6, 6.07) is 10.2. The number of piperazine rings is 1. The maximum Gasteiger partial charge on any atom is 0.408 e. The minimum absolute atomic E-state index is 0.0775. The van der Waals surface area contributed by atoms with Crippen molar-refractivity contribution in [3.05, 3.63) is 70.7 Å². The zero-order chi connectivity index (χ0) is 33.2. The van der Waals surface area contributed by atoms with E-state index in [1.165, 1.54) is 11.1 Å². The quantitative estimate of drug-likeness (QED) is 0.406. The van der Waals surface area contributed by atoms with Gasteiger partial charge in [-0.15, -0.1) is 0 Å². The Bertz CT molecular complexity index is 1560. The molecule has 246 valence electrons. The predicted molar refractivity (Wildman–Crippen MR) is 166 cm³/mol. The lowest BCUT2D eigenvalue weighted by Crippen LogP contribution is -2.48. The molecule has 0 aliphatic carbocycles. The summed E-state index contributed by atoms with van der Waals surface area (Å²) in [5.41, 5.74) is 2.44. The normalized spacial score (nSPS) is 17.0. The van der Waals surface area contributed by atoms with E-state index < -0.39 is 24.5 Å². The van der Waals surface area contributed by atoms with E-state index in [0.717, 1.165) is 23.3 Å². The second-order valence-corrected chi connectivity index (χ2v) is 12.0. The third kappa shape index (κ3) is 7.58. The van der Waals surface area contributed by atoms with Crippen molar-refractivity contribution in [2.75, 3.05) is 64.1 Å². The first-order valence-corrected chi connectivity index (χ1v) is 15.0. The van der Waals surface area contributed by atoms with Gasteiger partial charge in [-0.2, -0.15) is 18.3 Å². The van der Waals surface area contributed by atoms with Crippen molar-refractivity contribution >= 4 is 29.4 Å². The third-order valence-electron chi connectivity index (χ3n) is 8.12. The zero-order valence-corrected chi connectivity index (χ0v) is 26.3. The number of likely N-dealkylation sites (N-methyl/N-ethyl adjacent to an activating group) is 1. The summed E-state index contributed by atoms with van der Waals surface area (Å²) >= 11 is 0. The molecule has 1 aromatic carbocycles. The molecule has 0 unspecified atom stereocenters. The summed E-state index contributed by atoms with van der Waals surface area (Å²) in [6.45, 7) is 3.96. The maximum absolute atomic E-state index is 13.5. The molecule has 0 saturated carbocycles. The average Bonchev–Trinajstić information content (AvgIpc) is 3.37. The minimum Gasteiger partial charge on any atom is -0.351 e. The molecule has 0 bridgehead atoms. The highest BCUT2D eigenvalue weighted by Crippen LogP contribution is 2.34. The van der Waals surface area contributed by atoms with Gasteiger partial charge in [-0.25, -0.2) is 9.78 Å². The second kappa shape index (κ2) is 13.4. The zero-order valence-electron chi connectivity index (χ0n) is 26.3. The van der Waals surface area contributed by atoms with Crippen LogP contribution in [0.25, 0.3) is 0 Å². The molecule has 1 atom stereocenters. The number of halogens is 3. The summed E-state index contributed by atoms with van der Waals surface area (Å²) < 4.78 is 41.4. The number of anilines is 2. The van der Waals surface area contributed by atoms with Crippen LogP contribution in [0.3, 0.4) is 0 Å². The van der Waals surface area contributed by atoms with Crippen molar-refractivity contribution in [1.29, 1.82) is 0 Å². The van der Waals surface area contributed by atoms with E-state index in [-0.39, 0.29) is 30.7 Å². The van der Waals surface area contributed by atoms with Crippen LogP contribution in [-0.4, -0.2) is 107 Å². The van der Waals surface area contributed by atoms with Crippen LogP contribution in [0.2, 0.25) is 0 Å². The molecule has 5 rings (SSSR count). The maximum atomic E-state index is 13.5. The lowest BCUT2D eigenvalue weighted by atomic mass is 9.95. The fourth-order valence-corrected chi connectivity index (χ4v) is 5.68. The Hall–Kier alpha value is -4.66. The number of hydrogen-bond acceptors (Lipinski definition) is 7. The van der Waals surface area contributed by atoms with Crippen molar-refractivity contribution in [3.63, 3.8) is 0 Å². The van der Waals surface area contributed by atoms with Gasteiger partial charge in [-0.05, 0) is 36.9 Å². The number of carbonyl (C=O) groups excluding carboxylic acids is 3. The first-order valence-electron chi connectivity index (χ1n) is 15.0. The first-order chi connectivity index (χ1) is 21.8. The highest BCUT2D eigenvalue weighted by atomic mass is 19.4. The standard InChI is InChI=1S/C31H38F3N9O3/c1-20-17-42(25-10-7-22(16-35-25)29(45)39(2)3)18-24-26(38-43(27(20)24)19-31(32,33)34)28(44)36-15-21-5-8-23(9-6-21)37-30(46)41-13-11-40(4)12-14-41/h5-10,16,20H,11-15,17-19H2,1-4H3,(H,36,44)(H,37,46)/t20-/m0/s1. The molecule has 4 heterocycles. The van der Waals surface area contributed by atoms with Crippen LogP contribution in [0.5, 0.6) is 0 Å². The highest BCUT2D eigenvalue weighted by Gasteiger charge is 2.37. The molecular weight excluding hydrogens is 603 g/mol. The fourth-order valence-electron chi connectivity index (χ4n) is 5.68. The molecule has 12 nitrogen and oxygen atoms in total. The van der Waals surface area contributed by atoms with Crippen LogP contribution in [0.1, 0.15) is 50.5 Å². The predicted octanol–water partition coefficient (Wildman–Crippen LogP) is 3.38. The number of hydrogen-bond donors (Lipinski definition) is 2. The number of rotatable bonds is 7. The largest absolute Gasteiger partial charge is 0.408 e. The summed E-state index contributed by atoms with van der Waals surface area (Å²) in [6.07, 6.45) is -3.07. The Morgan fingerprint density at radius 2 is 1.72 bits per heavy atom. The molecule has 15 heteroatoms. The van der Waals surface area contributed by atoms with Crippen LogP contribution in [-0.2, 0) is 19.6 Å². The van der Waals surface area contributed by atoms with Gasteiger partial charge in [0.15, 0.2) is 5.69 Å². The summed E-state index contributed by atoms with van der Waals surface area (Å²) in [7, 11) is 5.29. The molecule has 0 spiro atoms. The van der Waals surface area contributed by atoms with Gasteiger partial charge in [0.05, 0.1) is 5.56 Å². The summed E-state index contributed by atoms with van der Waals surface area (Å²) in [5.74, 6) is -0.662. The van der Waals surface area contributed by atoms with Crippen molar-refractivity contribution < 1.29 is 27.6 Å². The van der Waals surface area contributed by atoms with Gasteiger partial charge in [-0.1, -0.05) is 19.1 Å². The Kier molecular flexibility index (Phi) is 9.51. The van der Waals surface area contributed by atoms with Crippen molar-refractivity contribution in [2.24, 2.45) is 0 Å². The molecule has 46 heavy (non-hydrogen) atoms. The Balaban J connectivity index is 1.29. The Morgan fingerprint density at radius 3 is 2.33 bits per heavy atom. The number of aromatic nitrogens is 3. The molecule has 3 aromatic rings. The average molecular weight is 642 g/mol. The lowest BCUT2D eigenvalue weighted by molar-refractivity contribution is -0.143. The van der Waals surface area contributed by atoms with Crippen LogP contribution in [0.4, 0.5) is 29.5 Å². The number of urea groups is 1. The van der Waals surface area contributed by atoms with Crippen molar-refractivity contribution in [3.8, 4) is 0 Å². The molecule has 2 N–H and O–H groups in total. The van der Waals surface area contributed by atoms with Gasteiger partial charge in [0.1, 0.15) is 12.4 Å². The molecule has 1 fully saturated rings. The SMILES string of the molecule is C[C@H]1CN(c2ccc(C(=O)N(C)C)cn2)Cc2c(C(=O)NCc3ccc(NC(=O)N4CCN(C)CC4)cc3)nn(CC(F)(F)F)c21. The molecule has 0 radical (unpaired) electrons. The topological polar surface area (TPSA) is 119 Å². The number of nitrogens with one attached hydrogen (secondary N) is 2. The van der Waals surface area contributed by atoms with Crippen molar-refractivity contribution in [1.82, 2.24) is 34.8 Å². The van der Waals surface area contributed by atoms with Gasteiger partial charge in [0, 0.05) is 89.0 Å². The van der Waals surface area contributed by atoms with Crippen LogP contribution < -0.4 is 15.5 Å². The van der Waals surface area contributed by atoms with Crippen molar-refractivity contribution in [2.45, 2.75) is 38.7 Å². The van der Waals surface area contributed by atoms with E-state index in [1.54, 1.807) is 62.3 Å². The molecule has 2 aromatic heterocycles. The minimum atomic E-state index is -4.53. The number of nitrogens with zero attached hydrogens (tertiary/aromatic N) is 7. The second-order valence-electron chi connectivity index (χ2n) is 12.0. The molecule has 4 amide bonds. The summed E-state index contributed by atoms with van der Waals surface area (Å²) in [5, 5.41) is 9.82. The number of carbonyl (C=O) groups is 3. The van der Waals surface area contributed by atoms with E-state index in [0.29, 0.717) is 48.0 Å². The van der Waals surface area contributed by atoms with E-state index in [4.69, 9.17) is 0 Å². The van der Waals surface area contributed by atoms with Gasteiger partial charge in [0.25, 0.3) is 11.8 Å². The van der Waals surface area contributed by atoms with Gasteiger partial charge < -0.3 is 30.2 Å². The van der Waals surface area contributed by atoms with Crippen LogP contribution >= 0.6 is 0 Å². The first kappa shape index (κ1) is 32.7. The molecular formula is C31H38F3N9O3. The van der Waals surface area contributed by atoms with Gasteiger partial charge >= 0.3 is 12.2 Å². The highest BCUT2D eigenvalue weighted by molar-refractivity contribution is 5.95. The third-order valence-corrected chi connectivity index (χ3v) is 8.12. The summed E-state index contributed by atoms with van der Waals surface area (Å²) in [4.78, 5) is 49.9. The Labute approximate surface area is 265 Å². The fraction of sp³-hybridized carbons (Fsp3) is 0.452. The number of benzene rings is 1. The van der Waals surface area contributed by atoms with Crippen LogP contribution in [0.15, 0.2) is 42.6 Å². The van der Waals surface area contributed by atoms with Gasteiger partial charge in [-0.3, -0.25) is 14.3 Å². The van der Waals surface area contributed by atoms with E-state index >= 15 is 0 Å². The molecule has 2 aliphatic heterocycles. The Morgan fingerprint density at radius 1 is 1.02 bits per heavy atom. The molecule has 1 saturated heterocycles. The van der Waals surface area contributed by atoms with E-state index in [2.05, 4.69) is 25.6 Å². The number of amides is 4.